The summed E-state index contributed by atoms with van der Waals surface area (Å²) in [4.78, 5) is 24.9. The Bertz CT molecular complexity index is 788. The summed E-state index contributed by atoms with van der Waals surface area (Å²) in [5.74, 6) is -0.104. The third kappa shape index (κ3) is 6.13. The van der Waals surface area contributed by atoms with Crippen LogP contribution in [0.15, 0.2) is 24.3 Å². The number of hydrogen-bond donors (Lipinski definition) is 2. The topological polar surface area (TPSA) is 84.0 Å². The second kappa shape index (κ2) is 9.60. The van der Waals surface area contributed by atoms with Gasteiger partial charge in [0.25, 0.3) is 0 Å². The van der Waals surface area contributed by atoms with Crippen molar-refractivity contribution in [2.45, 2.75) is 53.5 Å². The minimum atomic E-state index is -0.590. The maximum Gasteiger partial charge on any atom is 0.249 e. The molecule has 146 valence electrons. The number of hydrogen-bond acceptors (Lipinski definition) is 5. The fourth-order valence-electron chi connectivity index (χ4n) is 2.66. The summed E-state index contributed by atoms with van der Waals surface area (Å²) in [6.45, 7) is 9.93. The molecular formula is C20H28N4O2S. The summed E-state index contributed by atoms with van der Waals surface area (Å²) in [6.07, 6.45) is 1.18. The van der Waals surface area contributed by atoms with Gasteiger partial charge in [-0.3, -0.25) is 14.9 Å². The van der Waals surface area contributed by atoms with Crippen LogP contribution in [-0.2, 0) is 9.59 Å². The molecular weight excluding hydrogens is 360 g/mol. The number of nitrogens with zero attached hydrogens (tertiary/aromatic N) is 2. The van der Waals surface area contributed by atoms with Crippen molar-refractivity contribution in [3.8, 4) is 10.6 Å². The Kier molecular flexibility index (Phi) is 7.47. The Morgan fingerprint density at radius 3 is 2.56 bits per heavy atom. The van der Waals surface area contributed by atoms with Crippen molar-refractivity contribution >= 4 is 28.3 Å². The number of amides is 2. The van der Waals surface area contributed by atoms with Crippen molar-refractivity contribution < 1.29 is 9.59 Å². The second-order valence-electron chi connectivity index (χ2n) is 7.30. The Balaban J connectivity index is 2.09. The van der Waals surface area contributed by atoms with Crippen LogP contribution in [0.5, 0.6) is 0 Å². The summed E-state index contributed by atoms with van der Waals surface area (Å²) in [5, 5.41) is 15.1. The first-order valence-corrected chi connectivity index (χ1v) is 10.1. The van der Waals surface area contributed by atoms with Gasteiger partial charge in [-0.15, -0.1) is 10.2 Å². The van der Waals surface area contributed by atoms with Gasteiger partial charge in [0.2, 0.25) is 16.9 Å². The van der Waals surface area contributed by atoms with Crippen LogP contribution < -0.4 is 10.6 Å². The molecule has 0 aliphatic carbocycles. The monoisotopic (exact) mass is 388 g/mol. The van der Waals surface area contributed by atoms with E-state index in [2.05, 4.69) is 20.8 Å². The molecule has 2 atom stereocenters. The highest BCUT2D eigenvalue weighted by atomic mass is 32.1. The zero-order valence-corrected chi connectivity index (χ0v) is 17.4. The molecule has 6 nitrogen and oxygen atoms in total. The van der Waals surface area contributed by atoms with Crippen molar-refractivity contribution in [2.75, 3.05) is 5.32 Å². The van der Waals surface area contributed by atoms with Crippen LogP contribution in [0.2, 0.25) is 0 Å². The maximum atomic E-state index is 12.7. The van der Waals surface area contributed by atoms with Gasteiger partial charge in [0.05, 0.1) is 0 Å². The molecule has 0 fully saturated rings. The lowest BCUT2D eigenvalue weighted by Gasteiger charge is -2.23. The van der Waals surface area contributed by atoms with E-state index in [-0.39, 0.29) is 23.7 Å². The number of carbonyl (C=O) groups is 2. The molecule has 1 aromatic heterocycles. The van der Waals surface area contributed by atoms with Crippen LogP contribution in [0.3, 0.4) is 0 Å². The van der Waals surface area contributed by atoms with Crippen LogP contribution in [0.1, 0.15) is 46.1 Å². The van der Waals surface area contributed by atoms with Gasteiger partial charge in [0.15, 0.2) is 0 Å². The number of nitrogens with one attached hydrogen (secondary N) is 2. The number of carbonyl (C=O) groups excluding carboxylic acids is 2. The van der Waals surface area contributed by atoms with Crippen LogP contribution in [0.4, 0.5) is 5.13 Å². The van der Waals surface area contributed by atoms with Crippen LogP contribution in [-0.4, -0.2) is 28.1 Å². The molecule has 0 bridgehead atoms. The molecule has 2 rings (SSSR count). The molecule has 0 saturated heterocycles. The fraction of sp³-hybridized carbons (Fsp3) is 0.500. The highest BCUT2D eigenvalue weighted by molar-refractivity contribution is 7.18. The number of benzene rings is 1. The van der Waals surface area contributed by atoms with Gasteiger partial charge >= 0.3 is 0 Å². The second-order valence-corrected chi connectivity index (χ2v) is 8.28. The molecule has 27 heavy (non-hydrogen) atoms. The van der Waals surface area contributed by atoms with Crippen LogP contribution >= 0.6 is 11.3 Å². The van der Waals surface area contributed by atoms with Gasteiger partial charge in [-0.2, -0.15) is 0 Å². The Morgan fingerprint density at radius 2 is 1.93 bits per heavy atom. The normalized spacial score (nSPS) is 13.3. The lowest BCUT2D eigenvalue weighted by molar-refractivity contribution is -0.128. The third-order valence-electron chi connectivity index (χ3n) is 4.33. The van der Waals surface area contributed by atoms with Crippen molar-refractivity contribution in [1.29, 1.82) is 0 Å². The smallest absolute Gasteiger partial charge is 0.249 e. The third-order valence-corrected chi connectivity index (χ3v) is 5.21. The molecule has 0 radical (unpaired) electrons. The Labute approximate surface area is 164 Å². The Morgan fingerprint density at radius 1 is 1.19 bits per heavy atom. The molecule has 2 N–H and O–H groups in total. The SMILES string of the molecule is CC[C@H](C)[C@@H](NC(=O)CC(C)C)C(=O)Nc1nnc(-c2cccc(C)c2)s1. The Hall–Kier alpha value is -2.28. The van der Waals surface area contributed by atoms with E-state index >= 15 is 0 Å². The molecule has 0 spiro atoms. The van der Waals surface area contributed by atoms with Gasteiger partial charge in [-0.1, -0.05) is 69.2 Å². The first kappa shape index (κ1) is 21.0. The number of aryl methyl sites for hydroxylation is 1. The zero-order chi connectivity index (χ0) is 20.0. The fourth-order valence-corrected chi connectivity index (χ4v) is 3.40. The van der Waals surface area contributed by atoms with Gasteiger partial charge in [-0.25, -0.2) is 0 Å². The quantitative estimate of drug-likeness (QED) is 0.715. The molecule has 2 aromatic rings. The standard InChI is InChI=1S/C20H28N4O2S/c1-6-14(5)17(21-16(25)10-12(2)3)18(26)22-20-24-23-19(27-20)15-9-7-8-13(4)11-15/h7-9,11-12,14,17H,6,10H2,1-5H3,(H,21,25)(H,22,24,26)/t14-,17+/m0/s1. The first-order valence-electron chi connectivity index (χ1n) is 9.30. The molecule has 2 amide bonds. The molecule has 1 heterocycles. The summed E-state index contributed by atoms with van der Waals surface area (Å²) >= 11 is 1.32. The summed E-state index contributed by atoms with van der Waals surface area (Å²) in [6, 6.07) is 7.39. The van der Waals surface area contributed by atoms with E-state index in [0.29, 0.717) is 11.6 Å². The molecule has 1 aromatic carbocycles. The van der Waals surface area contributed by atoms with Gasteiger partial charge in [0, 0.05) is 12.0 Å². The number of aromatic nitrogens is 2. The summed E-state index contributed by atoms with van der Waals surface area (Å²) < 4.78 is 0. The van der Waals surface area contributed by atoms with Crippen LogP contribution in [0, 0.1) is 18.8 Å². The lowest BCUT2D eigenvalue weighted by atomic mass is 9.97. The van der Waals surface area contributed by atoms with E-state index in [9.17, 15) is 9.59 Å². The van der Waals surface area contributed by atoms with E-state index in [1.807, 2.05) is 58.9 Å². The molecule has 0 unspecified atom stereocenters. The van der Waals surface area contributed by atoms with Crippen molar-refractivity contribution in [3.05, 3.63) is 29.8 Å². The summed E-state index contributed by atoms with van der Waals surface area (Å²) in [5.41, 5.74) is 2.11. The van der Waals surface area contributed by atoms with Gasteiger partial charge in [-0.05, 0) is 24.8 Å². The largest absolute Gasteiger partial charge is 0.344 e. The van der Waals surface area contributed by atoms with Crippen molar-refractivity contribution in [1.82, 2.24) is 15.5 Å². The van der Waals surface area contributed by atoms with Gasteiger partial charge < -0.3 is 5.32 Å². The van der Waals surface area contributed by atoms with E-state index in [1.54, 1.807) is 0 Å². The molecule has 0 aliphatic rings. The lowest BCUT2D eigenvalue weighted by Crippen LogP contribution is -2.47. The highest BCUT2D eigenvalue weighted by Gasteiger charge is 2.27. The number of rotatable bonds is 8. The van der Waals surface area contributed by atoms with E-state index < -0.39 is 6.04 Å². The van der Waals surface area contributed by atoms with E-state index in [4.69, 9.17) is 0 Å². The number of anilines is 1. The van der Waals surface area contributed by atoms with Crippen molar-refractivity contribution in [2.24, 2.45) is 11.8 Å². The maximum absolute atomic E-state index is 12.7. The minimum Gasteiger partial charge on any atom is -0.344 e. The predicted octanol–water partition coefficient (Wildman–Crippen LogP) is 4.03. The zero-order valence-electron chi connectivity index (χ0n) is 16.6. The molecule has 0 saturated carbocycles. The molecule has 0 aliphatic heterocycles. The first-order chi connectivity index (χ1) is 12.8. The van der Waals surface area contributed by atoms with Crippen LogP contribution in [0.25, 0.3) is 10.6 Å². The van der Waals surface area contributed by atoms with Crippen molar-refractivity contribution in [3.63, 3.8) is 0 Å². The predicted molar refractivity (Wildman–Crippen MR) is 110 cm³/mol. The average molecular weight is 389 g/mol. The molecule has 7 heteroatoms. The van der Waals surface area contributed by atoms with E-state index in [0.717, 1.165) is 22.6 Å². The van der Waals surface area contributed by atoms with Gasteiger partial charge in [0.1, 0.15) is 11.0 Å². The van der Waals surface area contributed by atoms with E-state index in [1.165, 1.54) is 11.3 Å². The highest BCUT2D eigenvalue weighted by Crippen LogP contribution is 2.27. The minimum absolute atomic E-state index is 0.0188. The summed E-state index contributed by atoms with van der Waals surface area (Å²) in [7, 11) is 0. The average Bonchev–Trinajstić information content (AvgIpc) is 3.06.